The van der Waals surface area contributed by atoms with E-state index in [1.807, 2.05) is 22.9 Å². The first-order valence-electron chi connectivity index (χ1n) is 6.47. The molecule has 0 atom stereocenters. The van der Waals surface area contributed by atoms with E-state index >= 15 is 0 Å². The van der Waals surface area contributed by atoms with E-state index < -0.39 is 0 Å². The van der Waals surface area contributed by atoms with E-state index in [2.05, 4.69) is 17.2 Å². The van der Waals surface area contributed by atoms with Crippen LogP contribution in [0.3, 0.4) is 0 Å². The van der Waals surface area contributed by atoms with Crippen LogP contribution in [0, 0.1) is 0 Å². The quantitative estimate of drug-likeness (QED) is 0.880. The van der Waals surface area contributed by atoms with Crippen LogP contribution >= 0.6 is 0 Å². The SMILES string of the molecule is CCNCc1cn(CC(=O)N(C)C)c2ncccc12. The van der Waals surface area contributed by atoms with Crippen LogP contribution in [-0.2, 0) is 17.9 Å². The number of nitrogens with one attached hydrogen (secondary N) is 1. The predicted octanol–water partition coefficient (Wildman–Crippen LogP) is 1.23. The largest absolute Gasteiger partial charge is 0.347 e. The van der Waals surface area contributed by atoms with Crippen molar-refractivity contribution in [3.63, 3.8) is 0 Å². The minimum Gasteiger partial charge on any atom is -0.347 e. The molecule has 19 heavy (non-hydrogen) atoms. The summed E-state index contributed by atoms with van der Waals surface area (Å²) < 4.78 is 1.92. The first-order valence-corrected chi connectivity index (χ1v) is 6.47. The summed E-state index contributed by atoms with van der Waals surface area (Å²) in [5.74, 6) is 0.0672. The Balaban J connectivity index is 2.35. The van der Waals surface area contributed by atoms with E-state index in [9.17, 15) is 4.79 Å². The number of rotatable bonds is 5. The highest BCUT2D eigenvalue weighted by atomic mass is 16.2. The molecule has 0 aliphatic heterocycles. The first kappa shape index (κ1) is 13.5. The molecule has 0 bridgehead atoms. The molecular formula is C14H20N4O. The van der Waals surface area contributed by atoms with Gasteiger partial charge >= 0.3 is 0 Å². The Kier molecular flexibility index (Phi) is 4.16. The first-order chi connectivity index (χ1) is 9.13. The molecule has 0 unspecified atom stereocenters. The summed E-state index contributed by atoms with van der Waals surface area (Å²) in [5, 5.41) is 4.42. The number of nitrogens with zero attached hydrogens (tertiary/aromatic N) is 3. The standard InChI is InChI=1S/C14H20N4O/c1-4-15-8-11-9-18(10-13(19)17(2)3)14-12(11)6-5-7-16-14/h5-7,9,15H,4,8,10H2,1-3H3. The van der Waals surface area contributed by atoms with Crippen LogP contribution in [0.4, 0.5) is 0 Å². The maximum absolute atomic E-state index is 11.8. The van der Waals surface area contributed by atoms with Crippen molar-refractivity contribution in [1.29, 1.82) is 0 Å². The van der Waals surface area contributed by atoms with Gasteiger partial charge in [-0.25, -0.2) is 4.98 Å². The number of aromatic nitrogens is 2. The van der Waals surface area contributed by atoms with Crippen molar-refractivity contribution in [3.05, 3.63) is 30.1 Å². The fraction of sp³-hybridized carbons (Fsp3) is 0.429. The second-order valence-electron chi connectivity index (χ2n) is 4.73. The minimum atomic E-state index is 0.0672. The van der Waals surface area contributed by atoms with E-state index in [0.717, 1.165) is 24.1 Å². The Hall–Kier alpha value is -1.88. The van der Waals surface area contributed by atoms with Crippen molar-refractivity contribution in [1.82, 2.24) is 19.8 Å². The fourth-order valence-electron chi connectivity index (χ4n) is 2.00. The number of pyridine rings is 1. The lowest BCUT2D eigenvalue weighted by Gasteiger charge is -2.11. The molecule has 0 saturated heterocycles. The van der Waals surface area contributed by atoms with Crippen molar-refractivity contribution >= 4 is 16.9 Å². The maximum Gasteiger partial charge on any atom is 0.242 e. The molecule has 1 N–H and O–H groups in total. The second kappa shape index (κ2) is 5.84. The Labute approximate surface area is 113 Å². The summed E-state index contributed by atoms with van der Waals surface area (Å²) >= 11 is 0. The van der Waals surface area contributed by atoms with Gasteiger partial charge in [0, 0.05) is 38.4 Å². The minimum absolute atomic E-state index is 0.0672. The van der Waals surface area contributed by atoms with Gasteiger partial charge in [-0.15, -0.1) is 0 Å². The van der Waals surface area contributed by atoms with Gasteiger partial charge in [0.25, 0.3) is 0 Å². The van der Waals surface area contributed by atoms with Gasteiger partial charge in [0.1, 0.15) is 12.2 Å². The number of hydrogen-bond acceptors (Lipinski definition) is 3. The molecule has 2 rings (SSSR count). The molecule has 2 heterocycles. The summed E-state index contributed by atoms with van der Waals surface area (Å²) in [6, 6.07) is 3.97. The van der Waals surface area contributed by atoms with Crippen molar-refractivity contribution in [2.24, 2.45) is 0 Å². The third kappa shape index (κ3) is 2.93. The van der Waals surface area contributed by atoms with Crippen LogP contribution in [0.15, 0.2) is 24.5 Å². The van der Waals surface area contributed by atoms with Gasteiger partial charge < -0.3 is 14.8 Å². The van der Waals surface area contributed by atoms with Crippen molar-refractivity contribution in [2.45, 2.75) is 20.0 Å². The summed E-state index contributed by atoms with van der Waals surface area (Å²) in [6.45, 7) is 4.12. The molecule has 102 valence electrons. The highest BCUT2D eigenvalue weighted by molar-refractivity contribution is 5.83. The maximum atomic E-state index is 11.8. The lowest BCUT2D eigenvalue weighted by Crippen LogP contribution is -2.26. The zero-order valence-corrected chi connectivity index (χ0v) is 11.7. The molecule has 0 spiro atoms. The fourth-order valence-corrected chi connectivity index (χ4v) is 2.00. The molecule has 0 fully saturated rings. The van der Waals surface area contributed by atoms with E-state index in [1.165, 1.54) is 5.56 Å². The van der Waals surface area contributed by atoms with Gasteiger partial charge in [-0.3, -0.25) is 4.79 Å². The molecule has 0 saturated carbocycles. The summed E-state index contributed by atoms with van der Waals surface area (Å²) in [6.07, 6.45) is 3.78. The molecule has 1 amide bonds. The molecule has 5 nitrogen and oxygen atoms in total. The topological polar surface area (TPSA) is 50.2 Å². The number of carbonyl (C=O) groups is 1. The molecule has 2 aromatic rings. The zero-order chi connectivity index (χ0) is 13.8. The predicted molar refractivity (Wildman–Crippen MR) is 75.8 cm³/mol. The smallest absolute Gasteiger partial charge is 0.242 e. The molecule has 2 aromatic heterocycles. The summed E-state index contributed by atoms with van der Waals surface area (Å²) in [7, 11) is 3.53. The van der Waals surface area contributed by atoms with Gasteiger partial charge in [0.2, 0.25) is 5.91 Å². The van der Waals surface area contributed by atoms with Crippen molar-refractivity contribution < 1.29 is 4.79 Å². The number of likely N-dealkylation sites (N-methyl/N-ethyl adjacent to an activating group) is 1. The third-order valence-electron chi connectivity index (χ3n) is 3.09. The molecule has 0 aromatic carbocycles. The van der Waals surface area contributed by atoms with Crippen LogP contribution in [0.1, 0.15) is 12.5 Å². The Morgan fingerprint density at radius 3 is 2.95 bits per heavy atom. The molecule has 0 radical (unpaired) electrons. The van der Waals surface area contributed by atoms with E-state index in [0.29, 0.717) is 6.54 Å². The highest BCUT2D eigenvalue weighted by Gasteiger charge is 2.12. The highest BCUT2D eigenvalue weighted by Crippen LogP contribution is 2.19. The zero-order valence-electron chi connectivity index (χ0n) is 11.7. The van der Waals surface area contributed by atoms with E-state index in [-0.39, 0.29) is 5.91 Å². The number of carbonyl (C=O) groups excluding carboxylic acids is 1. The lowest BCUT2D eigenvalue weighted by molar-refractivity contribution is -0.129. The molecule has 0 aliphatic carbocycles. The van der Waals surface area contributed by atoms with E-state index in [4.69, 9.17) is 0 Å². The Bertz CT molecular complexity index is 574. The van der Waals surface area contributed by atoms with Gasteiger partial charge in [-0.05, 0) is 24.2 Å². The molecule has 5 heteroatoms. The Morgan fingerprint density at radius 2 is 2.26 bits per heavy atom. The van der Waals surface area contributed by atoms with Crippen LogP contribution < -0.4 is 5.32 Å². The van der Waals surface area contributed by atoms with Gasteiger partial charge in [-0.1, -0.05) is 6.92 Å². The Morgan fingerprint density at radius 1 is 1.47 bits per heavy atom. The third-order valence-corrected chi connectivity index (χ3v) is 3.09. The molecular weight excluding hydrogens is 240 g/mol. The van der Waals surface area contributed by atoms with E-state index in [1.54, 1.807) is 25.2 Å². The summed E-state index contributed by atoms with van der Waals surface area (Å²) in [4.78, 5) is 17.8. The van der Waals surface area contributed by atoms with Crippen LogP contribution in [0.5, 0.6) is 0 Å². The number of hydrogen-bond donors (Lipinski definition) is 1. The molecule has 0 aliphatic rings. The second-order valence-corrected chi connectivity index (χ2v) is 4.73. The summed E-state index contributed by atoms with van der Waals surface area (Å²) in [5.41, 5.74) is 2.04. The lowest BCUT2D eigenvalue weighted by atomic mass is 10.2. The van der Waals surface area contributed by atoms with Crippen LogP contribution in [0.2, 0.25) is 0 Å². The monoisotopic (exact) mass is 260 g/mol. The van der Waals surface area contributed by atoms with Crippen molar-refractivity contribution in [2.75, 3.05) is 20.6 Å². The van der Waals surface area contributed by atoms with Gasteiger partial charge in [0.05, 0.1) is 0 Å². The van der Waals surface area contributed by atoms with Crippen LogP contribution in [0.25, 0.3) is 11.0 Å². The van der Waals surface area contributed by atoms with Gasteiger partial charge in [-0.2, -0.15) is 0 Å². The number of amides is 1. The average molecular weight is 260 g/mol. The van der Waals surface area contributed by atoms with Gasteiger partial charge in [0.15, 0.2) is 0 Å². The average Bonchev–Trinajstić information content (AvgIpc) is 2.75. The van der Waals surface area contributed by atoms with Crippen molar-refractivity contribution in [3.8, 4) is 0 Å². The normalized spacial score (nSPS) is 10.9. The van der Waals surface area contributed by atoms with Crippen LogP contribution in [-0.4, -0.2) is 41.0 Å². The number of fused-ring (bicyclic) bond motifs is 1.